The van der Waals surface area contributed by atoms with Crippen molar-refractivity contribution >= 4 is 32.7 Å². The molecule has 3 aromatic heterocycles. The van der Waals surface area contributed by atoms with Crippen LogP contribution >= 0.6 is 0 Å². The number of sulfonamides is 1. The van der Waals surface area contributed by atoms with Crippen molar-refractivity contribution in [3.63, 3.8) is 0 Å². The number of nitrogens with one attached hydrogen (secondary N) is 3. The molecule has 0 aliphatic heterocycles. The van der Waals surface area contributed by atoms with Gasteiger partial charge in [0, 0.05) is 54.1 Å². The minimum absolute atomic E-state index is 0.144. The van der Waals surface area contributed by atoms with Gasteiger partial charge in [0.25, 0.3) is 5.91 Å². The Balaban J connectivity index is 1.50. The van der Waals surface area contributed by atoms with Crippen molar-refractivity contribution in [1.82, 2.24) is 34.8 Å². The Morgan fingerprint density at radius 2 is 1.98 bits per heavy atom. The second-order valence-corrected chi connectivity index (χ2v) is 12.9. The molecule has 214 valence electrons. The summed E-state index contributed by atoms with van der Waals surface area (Å²) in [6.07, 6.45) is 9.18. The highest BCUT2D eigenvalue weighted by Gasteiger charge is 2.37. The van der Waals surface area contributed by atoms with Gasteiger partial charge in [-0.05, 0) is 67.5 Å². The van der Waals surface area contributed by atoms with Crippen LogP contribution in [0.2, 0.25) is 0 Å². The van der Waals surface area contributed by atoms with E-state index < -0.39 is 16.1 Å². The first-order chi connectivity index (χ1) is 19.7. The Kier molecular flexibility index (Phi) is 7.20. The number of benzene rings is 1. The Morgan fingerprint density at radius 3 is 2.68 bits per heavy atom. The number of carbonyl (C=O) groups is 1. The molecule has 1 amide bonds. The molecule has 2 aliphatic carbocycles. The fourth-order valence-electron chi connectivity index (χ4n) is 5.44. The lowest BCUT2D eigenvalue weighted by molar-refractivity contribution is 0.0935. The van der Waals surface area contributed by atoms with Gasteiger partial charge >= 0.3 is 0 Å². The van der Waals surface area contributed by atoms with Crippen molar-refractivity contribution in [2.24, 2.45) is 5.92 Å². The molecule has 0 unspecified atom stereocenters. The standard InChI is InChI=1S/C29H34N8O3S/c1-4-37-16-32-36-29(37)35-25-12-24(34-28(38)19-6-5-9-30-14-19)21-11-26(41(39,40)33-13-17(2)3)20-10-23(18-7-8-18)31-15-22(20)27(21)25/h5-6,9-11,14-18,24-25,33H,4,7-8,12-13H2,1-3H3,(H,34,38)(H,35,36)/t24-,25-/m1/s1. The summed E-state index contributed by atoms with van der Waals surface area (Å²) in [5, 5.41) is 16.3. The van der Waals surface area contributed by atoms with E-state index >= 15 is 0 Å². The zero-order valence-electron chi connectivity index (χ0n) is 23.3. The third-order valence-corrected chi connectivity index (χ3v) is 9.19. The number of aryl methyl sites for hydroxylation is 1. The van der Waals surface area contributed by atoms with E-state index in [0.29, 0.717) is 42.3 Å². The third kappa shape index (κ3) is 5.41. The molecule has 0 bridgehead atoms. The molecule has 3 heterocycles. The summed E-state index contributed by atoms with van der Waals surface area (Å²) >= 11 is 0. The zero-order valence-corrected chi connectivity index (χ0v) is 24.1. The number of nitrogens with zero attached hydrogens (tertiary/aromatic N) is 5. The second kappa shape index (κ2) is 10.8. The number of hydrogen-bond acceptors (Lipinski definition) is 8. The molecule has 0 saturated heterocycles. The van der Waals surface area contributed by atoms with Crippen molar-refractivity contribution in [2.45, 2.75) is 69.5 Å². The van der Waals surface area contributed by atoms with E-state index in [-0.39, 0.29) is 22.8 Å². The lowest BCUT2D eigenvalue weighted by Gasteiger charge is -2.19. The van der Waals surface area contributed by atoms with Gasteiger partial charge < -0.3 is 15.2 Å². The Hall–Kier alpha value is -3.90. The fraction of sp³-hybridized carbons (Fsp3) is 0.414. The molecule has 2 aliphatic rings. The molecule has 2 atom stereocenters. The molecular formula is C29H34N8O3S. The molecule has 3 N–H and O–H groups in total. The first-order valence-electron chi connectivity index (χ1n) is 14.1. The maximum Gasteiger partial charge on any atom is 0.253 e. The highest BCUT2D eigenvalue weighted by Crippen LogP contribution is 2.47. The van der Waals surface area contributed by atoms with Gasteiger partial charge in [-0.1, -0.05) is 13.8 Å². The molecule has 0 radical (unpaired) electrons. The van der Waals surface area contributed by atoms with Crippen molar-refractivity contribution in [2.75, 3.05) is 11.9 Å². The lowest BCUT2D eigenvalue weighted by Crippen LogP contribution is -2.29. The van der Waals surface area contributed by atoms with Crippen molar-refractivity contribution < 1.29 is 13.2 Å². The first-order valence-corrected chi connectivity index (χ1v) is 15.5. The van der Waals surface area contributed by atoms with E-state index in [4.69, 9.17) is 4.98 Å². The van der Waals surface area contributed by atoms with E-state index in [2.05, 4.69) is 30.5 Å². The Morgan fingerprint density at radius 1 is 1.15 bits per heavy atom. The smallest absolute Gasteiger partial charge is 0.253 e. The molecule has 41 heavy (non-hydrogen) atoms. The number of carbonyl (C=O) groups excluding carboxylic acids is 1. The number of hydrogen-bond donors (Lipinski definition) is 3. The topological polar surface area (TPSA) is 144 Å². The molecule has 1 aromatic carbocycles. The van der Waals surface area contributed by atoms with Gasteiger partial charge in [-0.25, -0.2) is 13.1 Å². The minimum Gasteiger partial charge on any atom is -0.347 e. The minimum atomic E-state index is -3.86. The van der Waals surface area contributed by atoms with E-state index in [1.165, 1.54) is 6.20 Å². The molecule has 6 rings (SSSR count). The average Bonchev–Trinajstić information content (AvgIpc) is 3.64. The molecule has 1 fully saturated rings. The predicted octanol–water partition coefficient (Wildman–Crippen LogP) is 4.08. The number of amides is 1. The number of fused-ring (bicyclic) bond motifs is 3. The largest absolute Gasteiger partial charge is 0.347 e. The van der Waals surface area contributed by atoms with E-state index in [1.54, 1.807) is 36.9 Å². The average molecular weight is 575 g/mol. The van der Waals surface area contributed by atoms with E-state index in [1.807, 2.05) is 31.4 Å². The van der Waals surface area contributed by atoms with Crippen LogP contribution in [0.5, 0.6) is 0 Å². The van der Waals surface area contributed by atoms with Crippen LogP contribution < -0.4 is 15.4 Å². The van der Waals surface area contributed by atoms with Gasteiger partial charge in [0.1, 0.15) is 6.33 Å². The number of anilines is 1. The SMILES string of the molecule is CCn1cnnc1N[C@@H]1C[C@@H](NC(=O)c2cccnc2)c2cc(S(=O)(=O)NCC(C)C)c3cc(C4CC4)ncc3c21. The van der Waals surface area contributed by atoms with Crippen LogP contribution in [0, 0.1) is 5.92 Å². The van der Waals surface area contributed by atoms with Crippen LogP contribution in [-0.2, 0) is 16.6 Å². The first kappa shape index (κ1) is 27.3. The molecule has 1 saturated carbocycles. The molecule has 0 spiro atoms. The highest BCUT2D eigenvalue weighted by molar-refractivity contribution is 7.89. The summed E-state index contributed by atoms with van der Waals surface area (Å²) < 4.78 is 32.2. The zero-order chi connectivity index (χ0) is 28.7. The summed E-state index contributed by atoms with van der Waals surface area (Å²) in [4.78, 5) is 22.3. The van der Waals surface area contributed by atoms with Gasteiger partial charge in [0.2, 0.25) is 16.0 Å². The van der Waals surface area contributed by atoms with Gasteiger partial charge in [-0.15, -0.1) is 10.2 Å². The van der Waals surface area contributed by atoms with Gasteiger partial charge in [-0.2, -0.15) is 0 Å². The van der Waals surface area contributed by atoms with Crippen molar-refractivity contribution in [3.05, 3.63) is 71.6 Å². The maximum atomic E-state index is 13.8. The normalized spacial score (nSPS) is 18.5. The Bertz CT molecular complexity index is 1700. The fourth-order valence-corrected chi connectivity index (χ4v) is 6.89. The summed E-state index contributed by atoms with van der Waals surface area (Å²) in [5.74, 6) is 0.824. The van der Waals surface area contributed by atoms with Crippen LogP contribution in [0.4, 0.5) is 5.95 Å². The van der Waals surface area contributed by atoms with Crippen LogP contribution in [-0.4, -0.2) is 45.6 Å². The van der Waals surface area contributed by atoms with Crippen LogP contribution in [0.15, 0.2) is 54.1 Å². The van der Waals surface area contributed by atoms with Gasteiger partial charge in [0.05, 0.1) is 22.5 Å². The highest BCUT2D eigenvalue weighted by atomic mass is 32.2. The molecule has 11 nitrogen and oxygen atoms in total. The van der Waals surface area contributed by atoms with Crippen LogP contribution in [0.1, 0.15) is 85.2 Å². The molecular weight excluding hydrogens is 540 g/mol. The van der Waals surface area contributed by atoms with E-state index in [0.717, 1.165) is 35.0 Å². The third-order valence-electron chi connectivity index (χ3n) is 7.73. The predicted molar refractivity (Wildman–Crippen MR) is 155 cm³/mol. The lowest BCUT2D eigenvalue weighted by atomic mass is 9.98. The number of pyridine rings is 2. The summed E-state index contributed by atoms with van der Waals surface area (Å²) in [6.45, 7) is 6.94. The van der Waals surface area contributed by atoms with Crippen molar-refractivity contribution in [3.8, 4) is 0 Å². The quantitative estimate of drug-likeness (QED) is 0.257. The van der Waals surface area contributed by atoms with Gasteiger partial charge in [-0.3, -0.25) is 14.8 Å². The van der Waals surface area contributed by atoms with Gasteiger partial charge in [0.15, 0.2) is 0 Å². The molecule has 12 heteroatoms. The second-order valence-electron chi connectivity index (χ2n) is 11.2. The number of rotatable bonds is 10. The van der Waals surface area contributed by atoms with Crippen LogP contribution in [0.25, 0.3) is 10.8 Å². The summed E-state index contributed by atoms with van der Waals surface area (Å²) in [7, 11) is -3.86. The Labute approximate surface area is 239 Å². The monoisotopic (exact) mass is 574 g/mol. The van der Waals surface area contributed by atoms with E-state index in [9.17, 15) is 13.2 Å². The molecule has 4 aromatic rings. The summed E-state index contributed by atoms with van der Waals surface area (Å²) in [6, 6.07) is 6.35. The number of aromatic nitrogens is 5. The van der Waals surface area contributed by atoms with Crippen LogP contribution in [0.3, 0.4) is 0 Å². The summed E-state index contributed by atoms with van der Waals surface area (Å²) in [5.41, 5.74) is 2.98. The maximum absolute atomic E-state index is 13.8. The van der Waals surface area contributed by atoms with Crippen molar-refractivity contribution in [1.29, 1.82) is 0 Å².